The highest BCUT2D eigenvalue weighted by molar-refractivity contribution is 5.79. The van der Waals surface area contributed by atoms with Crippen LogP contribution in [0.4, 0.5) is 0 Å². The third-order valence-electron chi connectivity index (χ3n) is 3.67. The van der Waals surface area contributed by atoms with E-state index in [1.807, 2.05) is 36.4 Å². The van der Waals surface area contributed by atoms with Crippen LogP contribution in [-0.4, -0.2) is 19.4 Å². The third-order valence-corrected chi connectivity index (χ3v) is 3.67. The second-order valence-corrected chi connectivity index (χ2v) is 5.14. The van der Waals surface area contributed by atoms with Gasteiger partial charge in [-0.25, -0.2) is 14.3 Å². The standard InChI is InChI=1S/C17H13N5O/c18-22-16(20-15-9-5-4-8-14(15)17(22)23)12-10-19-21(11-12)13-6-2-1-3-7-13/h1-11H,18H2. The van der Waals surface area contributed by atoms with E-state index in [2.05, 4.69) is 10.1 Å². The smallest absolute Gasteiger partial charge is 0.280 e. The summed E-state index contributed by atoms with van der Waals surface area (Å²) in [4.78, 5) is 16.9. The fourth-order valence-electron chi connectivity index (χ4n) is 2.51. The molecule has 6 heteroatoms. The highest BCUT2D eigenvalue weighted by atomic mass is 16.1. The molecule has 4 aromatic rings. The van der Waals surface area contributed by atoms with Crippen molar-refractivity contribution in [2.75, 3.05) is 5.84 Å². The summed E-state index contributed by atoms with van der Waals surface area (Å²) in [5.41, 5.74) is 1.93. The molecule has 0 spiro atoms. The number of benzene rings is 2. The average Bonchev–Trinajstić information content (AvgIpc) is 3.09. The lowest BCUT2D eigenvalue weighted by Crippen LogP contribution is -2.29. The molecule has 2 aromatic heterocycles. The predicted octanol–water partition coefficient (Wildman–Crippen LogP) is 1.96. The molecule has 0 atom stereocenters. The zero-order chi connectivity index (χ0) is 15.8. The summed E-state index contributed by atoms with van der Waals surface area (Å²) >= 11 is 0. The van der Waals surface area contributed by atoms with Gasteiger partial charge in [0.15, 0.2) is 5.82 Å². The number of aromatic nitrogens is 4. The van der Waals surface area contributed by atoms with Crippen molar-refractivity contribution in [1.82, 2.24) is 19.4 Å². The number of nitrogens with zero attached hydrogens (tertiary/aromatic N) is 4. The SMILES string of the molecule is Nn1c(-c2cnn(-c3ccccc3)c2)nc2ccccc2c1=O. The molecule has 0 radical (unpaired) electrons. The first-order valence-corrected chi connectivity index (χ1v) is 7.11. The molecule has 0 aliphatic carbocycles. The summed E-state index contributed by atoms with van der Waals surface area (Å²) < 4.78 is 2.78. The average molecular weight is 303 g/mol. The van der Waals surface area contributed by atoms with Crippen LogP contribution < -0.4 is 11.4 Å². The van der Waals surface area contributed by atoms with Gasteiger partial charge in [-0.2, -0.15) is 5.10 Å². The Labute approximate surface area is 131 Å². The van der Waals surface area contributed by atoms with Crippen LogP contribution in [0.5, 0.6) is 0 Å². The van der Waals surface area contributed by atoms with Gasteiger partial charge in [-0.05, 0) is 24.3 Å². The van der Waals surface area contributed by atoms with E-state index in [1.165, 1.54) is 0 Å². The van der Waals surface area contributed by atoms with Gasteiger partial charge in [-0.3, -0.25) is 4.79 Å². The predicted molar refractivity (Wildman–Crippen MR) is 88.7 cm³/mol. The van der Waals surface area contributed by atoms with Crippen LogP contribution in [0.3, 0.4) is 0 Å². The molecule has 0 saturated heterocycles. The largest absolute Gasteiger partial charge is 0.334 e. The van der Waals surface area contributed by atoms with E-state index in [9.17, 15) is 4.79 Å². The molecule has 4 rings (SSSR count). The summed E-state index contributed by atoms with van der Waals surface area (Å²) in [5, 5.41) is 4.81. The maximum absolute atomic E-state index is 12.4. The van der Waals surface area contributed by atoms with Crippen LogP contribution in [-0.2, 0) is 0 Å². The van der Waals surface area contributed by atoms with Crippen molar-refractivity contribution in [2.45, 2.75) is 0 Å². The molecule has 0 amide bonds. The first-order valence-electron chi connectivity index (χ1n) is 7.11. The molecule has 2 N–H and O–H groups in total. The molecule has 0 bridgehead atoms. The molecule has 23 heavy (non-hydrogen) atoms. The summed E-state index contributed by atoms with van der Waals surface area (Å²) in [5.74, 6) is 6.32. The zero-order valence-corrected chi connectivity index (χ0v) is 12.1. The summed E-state index contributed by atoms with van der Waals surface area (Å²) in [7, 11) is 0. The molecular formula is C17H13N5O. The molecule has 2 heterocycles. The second-order valence-electron chi connectivity index (χ2n) is 5.14. The van der Waals surface area contributed by atoms with Crippen molar-refractivity contribution in [3.63, 3.8) is 0 Å². The molecule has 0 unspecified atom stereocenters. The number of rotatable bonds is 2. The van der Waals surface area contributed by atoms with Gasteiger partial charge in [0.1, 0.15) is 0 Å². The van der Waals surface area contributed by atoms with E-state index >= 15 is 0 Å². The summed E-state index contributed by atoms with van der Waals surface area (Å²) in [6, 6.07) is 16.8. The molecule has 0 saturated carbocycles. The van der Waals surface area contributed by atoms with Crippen molar-refractivity contribution in [2.24, 2.45) is 0 Å². The Hall–Kier alpha value is -3.41. The quantitative estimate of drug-likeness (QED) is 0.574. The lowest BCUT2D eigenvalue weighted by atomic mass is 10.2. The van der Waals surface area contributed by atoms with E-state index in [-0.39, 0.29) is 5.56 Å². The topological polar surface area (TPSA) is 78.7 Å². The fourth-order valence-corrected chi connectivity index (χ4v) is 2.51. The number of hydrogen-bond donors (Lipinski definition) is 1. The highest BCUT2D eigenvalue weighted by Gasteiger charge is 2.12. The minimum absolute atomic E-state index is 0.280. The van der Waals surface area contributed by atoms with E-state index in [4.69, 9.17) is 5.84 Å². The Bertz CT molecular complexity index is 1050. The van der Waals surface area contributed by atoms with Crippen molar-refractivity contribution in [3.8, 4) is 17.1 Å². The van der Waals surface area contributed by atoms with Gasteiger partial charge in [0.2, 0.25) is 0 Å². The Morgan fingerprint density at radius 1 is 0.957 bits per heavy atom. The Morgan fingerprint density at radius 3 is 2.52 bits per heavy atom. The van der Waals surface area contributed by atoms with E-state index < -0.39 is 0 Å². The van der Waals surface area contributed by atoms with Gasteiger partial charge >= 0.3 is 0 Å². The van der Waals surface area contributed by atoms with Gasteiger partial charge in [0.25, 0.3) is 5.56 Å². The molecule has 0 fully saturated rings. The van der Waals surface area contributed by atoms with Crippen LogP contribution in [0.15, 0.2) is 71.8 Å². The maximum atomic E-state index is 12.4. The fraction of sp³-hybridized carbons (Fsp3) is 0. The molecule has 112 valence electrons. The van der Waals surface area contributed by atoms with E-state index in [0.717, 1.165) is 10.4 Å². The van der Waals surface area contributed by atoms with Crippen molar-refractivity contribution in [1.29, 1.82) is 0 Å². The summed E-state index contributed by atoms with van der Waals surface area (Å²) in [6.07, 6.45) is 3.45. The van der Waals surface area contributed by atoms with Crippen LogP contribution in [0, 0.1) is 0 Å². The normalized spacial score (nSPS) is 11.0. The first-order chi connectivity index (χ1) is 11.2. The molecule has 0 aliphatic heterocycles. The van der Waals surface area contributed by atoms with Gasteiger partial charge < -0.3 is 5.84 Å². The zero-order valence-electron chi connectivity index (χ0n) is 12.1. The lowest BCUT2D eigenvalue weighted by molar-refractivity contribution is 0.880. The highest BCUT2D eigenvalue weighted by Crippen LogP contribution is 2.18. The number of nitrogens with two attached hydrogens (primary N) is 1. The van der Waals surface area contributed by atoms with Gasteiger partial charge in [0.05, 0.1) is 28.4 Å². The van der Waals surface area contributed by atoms with Gasteiger partial charge in [-0.15, -0.1) is 0 Å². The number of fused-ring (bicyclic) bond motifs is 1. The van der Waals surface area contributed by atoms with Crippen LogP contribution in [0.25, 0.3) is 28.0 Å². The van der Waals surface area contributed by atoms with Crippen molar-refractivity contribution < 1.29 is 0 Å². The molecule has 2 aromatic carbocycles. The first kappa shape index (κ1) is 13.3. The number of para-hydroxylation sites is 2. The monoisotopic (exact) mass is 303 g/mol. The molecular weight excluding hydrogens is 290 g/mol. The summed E-state index contributed by atoms with van der Waals surface area (Å²) in [6.45, 7) is 0. The van der Waals surface area contributed by atoms with Gasteiger partial charge in [0, 0.05) is 6.20 Å². The van der Waals surface area contributed by atoms with Gasteiger partial charge in [-0.1, -0.05) is 30.3 Å². The molecule has 6 nitrogen and oxygen atoms in total. The number of nitrogen functional groups attached to an aromatic ring is 1. The number of hydrogen-bond acceptors (Lipinski definition) is 4. The van der Waals surface area contributed by atoms with E-state index in [1.54, 1.807) is 35.3 Å². The van der Waals surface area contributed by atoms with Crippen molar-refractivity contribution in [3.05, 3.63) is 77.3 Å². The van der Waals surface area contributed by atoms with Crippen LogP contribution >= 0.6 is 0 Å². The Morgan fingerprint density at radius 2 is 1.70 bits per heavy atom. The van der Waals surface area contributed by atoms with Crippen LogP contribution in [0.1, 0.15) is 0 Å². The Kier molecular flexibility index (Phi) is 2.94. The van der Waals surface area contributed by atoms with Crippen LogP contribution in [0.2, 0.25) is 0 Å². The van der Waals surface area contributed by atoms with Crippen molar-refractivity contribution >= 4 is 10.9 Å². The minimum Gasteiger partial charge on any atom is -0.334 e. The molecule has 0 aliphatic rings. The Balaban J connectivity index is 1.89. The lowest BCUT2D eigenvalue weighted by Gasteiger charge is -2.06. The second kappa shape index (κ2) is 5.10. The minimum atomic E-state index is -0.280. The third kappa shape index (κ3) is 2.17. The van der Waals surface area contributed by atoms with E-state index in [0.29, 0.717) is 22.3 Å². The maximum Gasteiger partial charge on any atom is 0.280 e.